The average Bonchev–Trinajstić information content (AvgIpc) is 2.98. The third-order valence-electron chi connectivity index (χ3n) is 4.11. The Labute approximate surface area is 137 Å². The van der Waals surface area contributed by atoms with Crippen molar-refractivity contribution in [2.75, 3.05) is 38.7 Å². The van der Waals surface area contributed by atoms with Gasteiger partial charge in [-0.15, -0.1) is 0 Å². The van der Waals surface area contributed by atoms with E-state index in [1.807, 2.05) is 0 Å². The van der Waals surface area contributed by atoms with E-state index >= 15 is 0 Å². The molecule has 2 N–H and O–H groups in total. The Morgan fingerprint density at radius 3 is 2.96 bits per heavy atom. The summed E-state index contributed by atoms with van der Waals surface area (Å²) >= 11 is 0. The number of urea groups is 1. The van der Waals surface area contributed by atoms with Gasteiger partial charge in [0, 0.05) is 37.5 Å². The van der Waals surface area contributed by atoms with Crippen LogP contribution in [0.2, 0.25) is 0 Å². The number of benzene rings is 1. The molecule has 1 aromatic rings. The van der Waals surface area contributed by atoms with Gasteiger partial charge in [-0.05, 0) is 38.4 Å². The number of carbonyl (C=O) groups is 2. The molecule has 1 aliphatic rings. The standard InChI is InChI=1S/C17H25N3O3/c1-13(21)14-5-3-6-15(11-14)19-17(22)18-12-16-7-4-8-20(16)9-10-23-2/h3,5-6,11,16H,4,7-10,12H2,1-2H3,(H2,18,19,22). The molecule has 6 heteroatoms. The summed E-state index contributed by atoms with van der Waals surface area (Å²) < 4.78 is 5.12. The Morgan fingerprint density at radius 2 is 2.22 bits per heavy atom. The number of likely N-dealkylation sites (tertiary alicyclic amines) is 1. The predicted octanol–water partition coefficient (Wildman–Crippen LogP) is 2.12. The normalized spacial score (nSPS) is 17.9. The van der Waals surface area contributed by atoms with Crippen molar-refractivity contribution in [2.24, 2.45) is 0 Å². The maximum Gasteiger partial charge on any atom is 0.319 e. The molecule has 0 radical (unpaired) electrons. The zero-order valence-corrected chi connectivity index (χ0v) is 13.8. The van der Waals surface area contributed by atoms with Gasteiger partial charge in [0.2, 0.25) is 0 Å². The van der Waals surface area contributed by atoms with Crippen LogP contribution >= 0.6 is 0 Å². The van der Waals surface area contributed by atoms with Gasteiger partial charge in [-0.2, -0.15) is 0 Å². The van der Waals surface area contributed by atoms with Crippen molar-refractivity contribution in [3.05, 3.63) is 29.8 Å². The van der Waals surface area contributed by atoms with Gasteiger partial charge in [0.05, 0.1) is 6.61 Å². The lowest BCUT2D eigenvalue weighted by Gasteiger charge is -2.24. The number of ketones is 1. The van der Waals surface area contributed by atoms with Crippen molar-refractivity contribution in [2.45, 2.75) is 25.8 Å². The van der Waals surface area contributed by atoms with Crippen molar-refractivity contribution >= 4 is 17.5 Å². The Hall–Kier alpha value is -1.92. The first-order valence-electron chi connectivity index (χ1n) is 7.99. The van der Waals surface area contributed by atoms with Gasteiger partial charge in [-0.3, -0.25) is 9.69 Å². The SMILES string of the molecule is COCCN1CCCC1CNC(=O)Nc1cccc(C(C)=O)c1. The lowest BCUT2D eigenvalue weighted by atomic mass is 10.1. The Balaban J connectivity index is 1.80. The maximum absolute atomic E-state index is 12.0. The molecular formula is C17H25N3O3. The van der Waals surface area contributed by atoms with Crippen molar-refractivity contribution in [1.82, 2.24) is 10.2 Å². The van der Waals surface area contributed by atoms with Crippen molar-refractivity contribution in [1.29, 1.82) is 0 Å². The lowest BCUT2D eigenvalue weighted by Crippen LogP contribution is -2.42. The summed E-state index contributed by atoms with van der Waals surface area (Å²) in [6.45, 7) is 4.78. The van der Waals surface area contributed by atoms with Crippen LogP contribution in [-0.2, 0) is 4.74 Å². The van der Waals surface area contributed by atoms with E-state index in [1.54, 1.807) is 31.4 Å². The summed E-state index contributed by atoms with van der Waals surface area (Å²) in [7, 11) is 1.70. The second-order valence-corrected chi connectivity index (χ2v) is 5.80. The molecule has 1 aliphatic heterocycles. The van der Waals surface area contributed by atoms with E-state index in [1.165, 1.54) is 6.92 Å². The fourth-order valence-electron chi connectivity index (χ4n) is 2.83. The molecule has 1 atom stereocenters. The van der Waals surface area contributed by atoms with Crippen LogP contribution in [0.1, 0.15) is 30.1 Å². The van der Waals surface area contributed by atoms with Crippen molar-refractivity contribution in [3.8, 4) is 0 Å². The van der Waals surface area contributed by atoms with Crippen LogP contribution in [-0.4, -0.2) is 56.1 Å². The molecule has 0 spiro atoms. The molecule has 1 fully saturated rings. The highest BCUT2D eigenvalue weighted by Crippen LogP contribution is 2.16. The number of ether oxygens (including phenoxy) is 1. The molecular weight excluding hydrogens is 294 g/mol. The van der Waals surface area contributed by atoms with Gasteiger partial charge in [-0.25, -0.2) is 4.79 Å². The lowest BCUT2D eigenvalue weighted by molar-refractivity contribution is 0.101. The van der Waals surface area contributed by atoms with Crippen molar-refractivity contribution < 1.29 is 14.3 Å². The number of anilines is 1. The number of nitrogens with zero attached hydrogens (tertiary/aromatic N) is 1. The highest BCUT2D eigenvalue weighted by atomic mass is 16.5. The number of hydrogen-bond donors (Lipinski definition) is 2. The van der Waals surface area contributed by atoms with E-state index in [9.17, 15) is 9.59 Å². The molecule has 2 amide bonds. The molecule has 1 aromatic carbocycles. The highest BCUT2D eigenvalue weighted by molar-refractivity contribution is 5.96. The topological polar surface area (TPSA) is 70.7 Å². The molecule has 1 saturated heterocycles. The first kappa shape index (κ1) is 17.4. The summed E-state index contributed by atoms with van der Waals surface area (Å²) in [5, 5.41) is 5.68. The molecule has 23 heavy (non-hydrogen) atoms. The van der Waals surface area contributed by atoms with E-state index in [-0.39, 0.29) is 11.8 Å². The van der Waals surface area contributed by atoms with Gasteiger partial charge in [0.15, 0.2) is 5.78 Å². The van der Waals surface area contributed by atoms with Gasteiger partial charge >= 0.3 is 6.03 Å². The molecule has 0 saturated carbocycles. The largest absolute Gasteiger partial charge is 0.383 e. The van der Waals surface area contributed by atoms with Crippen LogP contribution in [0, 0.1) is 0 Å². The van der Waals surface area contributed by atoms with Gasteiger partial charge < -0.3 is 15.4 Å². The van der Waals surface area contributed by atoms with Gasteiger partial charge in [0.25, 0.3) is 0 Å². The molecule has 126 valence electrons. The third-order valence-corrected chi connectivity index (χ3v) is 4.11. The third kappa shape index (κ3) is 5.33. The van der Waals surface area contributed by atoms with Gasteiger partial charge in [-0.1, -0.05) is 12.1 Å². The van der Waals surface area contributed by atoms with Crippen LogP contribution in [0.4, 0.5) is 10.5 Å². The van der Waals surface area contributed by atoms with Crippen LogP contribution in [0.3, 0.4) is 0 Å². The number of hydrogen-bond acceptors (Lipinski definition) is 4. The fraction of sp³-hybridized carbons (Fsp3) is 0.529. The quantitative estimate of drug-likeness (QED) is 0.755. The van der Waals surface area contributed by atoms with Crippen molar-refractivity contribution in [3.63, 3.8) is 0 Å². The number of methoxy groups -OCH3 is 1. The van der Waals surface area contributed by atoms with Gasteiger partial charge in [0.1, 0.15) is 0 Å². The zero-order chi connectivity index (χ0) is 16.7. The Kier molecular flexibility index (Phi) is 6.55. The number of rotatable bonds is 7. The minimum atomic E-state index is -0.246. The van der Waals surface area contributed by atoms with E-state index in [4.69, 9.17) is 4.74 Å². The minimum absolute atomic E-state index is 0.0196. The summed E-state index contributed by atoms with van der Waals surface area (Å²) in [6.07, 6.45) is 2.24. The molecule has 1 unspecified atom stereocenters. The Bertz CT molecular complexity index is 548. The van der Waals surface area contributed by atoms with E-state index < -0.39 is 0 Å². The van der Waals surface area contributed by atoms with Crippen LogP contribution < -0.4 is 10.6 Å². The number of nitrogens with one attached hydrogen (secondary N) is 2. The fourth-order valence-corrected chi connectivity index (χ4v) is 2.83. The molecule has 0 bridgehead atoms. The number of amides is 2. The molecule has 2 rings (SSSR count). The van der Waals surface area contributed by atoms with E-state index in [2.05, 4.69) is 15.5 Å². The Morgan fingerprint density at radius 1 is 1.39 bits per heavy atom. The van der Waals surface area contributed by atoms with Crippen LogP contribution in [0.5, 0.6) is 0 Å². The summed E-state index contributed by atoms with van der Waals surface area (Å²) in [5.74, 6) is -0.0196. The highest BCUT2D eigenvalue weighted by Gasteiger charge is 2.24. The monoisotopic (exact) mass is 319 g/mol. The summed E-state index contributed by atoms with van der Waals surface area (Å²) in [5.41, 5.74) is 1.21. The molecule has 6 nitrogen and oxygen atoms in total. The van der Waals surface area contributed by atoms with E-state index in [0.29, 0.717) is 30.4 Å². The summed E-state index contributed by atoms with van der Waals surface area (Å²) in [6, 6.07) is 7.06. The molecule has 1 heterocycles. The van der Waals surface area contributed by atoms with Crippen LogP contribution in [0.15, 0.2) is 24.3 Å². The molecule has 0 aromatic heterocycles. The minimum Gasteiger partial charge on any atom is -0.383 e. The number of carbonyl (C=O) groups excluding carboxylic acids is 2. The number of Topliss-reactive ketones (excluding diaryl/α,β-unsaturated/α-hetero) is 1. The smallest absolute Gasteiger partial charge is 0.319 e. The predicted molar refractivity (Wildman–Crippen MR) is 89.9 cm³/mol. The zero-order valence-electron chi connectivity index (χ0n) is 13.8. The first-order chi connectivity index (χ1) is 11.1. The average molecular weight is 319 g/mol. The van der Waals surface area contributed by atoms with E-state index in [0.717, 1.165) is 25.9 Å². The maximum atomic E-state index is 12.0. The second-order valence-electron chi connectivity index (χ2n) is 5.80. The first-order valence-corrected chi connectivity index (χ1v) is 7.99. The summed E-state index contributed by atoms with van der Waals surface area (Å²) in [4.78, 5) is 25.7. The second kappa shape index (κ2) is 8.64. The molecule has 0 aliphatic carbocycles. The van der Waals surface area contributed by atoms with Crippen LogP contribution in [0.25, 0.3) is 0 Å².